The molecule has 27 heavy (non-hydrogen) atoms. The van der Waals surface area contributed by atoms with E-state index in [1.54, 1.807) is 63.6 Å². The van der Waals surface area contributed by atoms with Crippen LogP contribution in [0.4, 0.5) is 5.69 Å². The molecular formula is C21H23NO5. The average Bonchev–Trinajstić information content (AvgIpc) is 2.65. The van der Waals surface area contributed by atoms with Crippen LogP contribution in [0, 0.1) is 0 Å². The molecule has 0 bridgehead atoms. The fourth-order valence-electron chi connectivity index (χ4n) is 2.44. The van der Waals surface area contributed by atoms with Crippen molar-refractivity contribution in [2.45, 2.75) is 20.0 Å². The van der Waals surface area contributed by atoms with Crippen molar-refractivity contribution in [3.63, 3.8) is 0 Å². The Morgan fingerprint density at radius 2 is 1.70 bits per heavy atom. The minimum atomic E-state index is -0.478. The van der Waals surface area contributed by atoms with Gasteiger partial charge in [0.2, 0.25) is 5.91 Å². The summed E-state index contributed by atoms with van der Waals surface area (Å²) < 4.78 is 15.8. The maximum atomic E-state index is 12.1. The van der Waals surface area contributed by atoms with Crippen molar-refractivity contribution in [3.8, 4) is 11.5 Å². The third-order valence-electron chi connectivity index (χ3n) is 3.75. The van der Waals surface area contributed by atoms with Crippen molar-refractivity contribution in [2.24, 2.45) is 0 Å². The number of carbonyl (C=O) groups is 2. The number of benzene rings is 2. The van der Waals surface area contributed by atoms with E-state index >= 15 is 0 Å². The smallest absolute Gasteiger partial charge is 0.331 e. The highest BCUT2D eigenvalue weighted by Crippen LogP contribution is 2.24. The summed E-state index contributed by atoms with van der Waals surface area (Å²) in [5.41, 5.74) is 2.19. The Balaban J connectivity index is 2.04. The molecule has 0 spiro atoms. The van der Waals surface area contributed by atoms with E-state index in [0.717, 1.165) is 11.1 Å². The summed E-state index contributed by atoms with van der Waals surface area (Å²) in [6.07, 6.45) is 2.52. The van der Waals surface area contributed by atoms with Crippen LogP contribution in [0.1, 0.15) is 31.1 Å². The number of hydrogen-bond acceptors (Lipinski definition) is 5. The predicted molar refractivity (Wildman–Crippen MR) is 104 cm³/mol. The average molecular weight is 369 g/mol. The van der Waals surface area contributed by atoms with Gasteiger partial charge in [0.1, 0.15) is 17.6 Å². The van der Waals surface area contributed by atoms with Gasteiger partial charge in [-0.25, -0.2) is 4.79 Å². The van der Waals surface area contributed by atoms with Crippen LogP contribution in [-0.4, -0.2) is 26.1 Å². The minimum Gasteiger partial charge on any atom is -0.497 e. The second kappa shape index (κ2) is 9.43. The summed E-state index contributed by atoms with van der Waals surface area (Å²) in [6, 6.07) is 12.5. The van der Waals surface area contributed by atoms with Gasteiger partial charge in [-0.15, -0.1) is 0 Å². The number of carbonyl (C=O) groups excluding carboxylic acids is 2. The van der Waals surface area contributed by atoms with E-state index < -0.39 is 12.1 Å². The van der Waals surface area contributed by atoms with E-state index in [2.05, 4.69) is 5.32 Å². The fourth-order valence-corrected chi connectivity index (χ4v) is 2.44. The second-order valence-electron chi connectivity index (χ2n) is 5.87. The van der Waals surface area contributed by atoms with Crippen LogP contribution >= 0.6 is 0 Å². The summed E-state index contributed by atoms with van der Waals surface area (Å²) in [4.78, 5) is 23.3. The first-order chi connectivity index (χ1) is 12.9. The van der Waals surface area contributed by atoms with Gasteiger partial charge in [0.05, 0.1) is 14.2 Å². The molecule has 1 N–H and O–H groups in total. The van der Waals surface area contributed by atoms with E-state index in [-0.39, 0.29) is 5.91 Å². The molecule has 0 saturated carbocycles. The number of amides is 1. The lowest BCUT2D eigenvalue weighted by Crippen LogP contribution is -2.08. The second-order valence-corrected chi connectivity index (χ2v) is 5.87. The van der Waals surface area contributed by atoms with Gasteiger partial charge < -0.3 is 19.5 Å². The van der Waals surface area contributed by atoms with Gasteiger partial charge >= 0.3 is 5.97 Å². The maximum Gasteiger partial charge on any atom is 0.331 e. The molecule has 2 aromatic rings. The van der Waals surface area contributed by atoms with Crippen LogP contribution in [0.5, 0.6) is 11.5 Å². The number of esters is 1. The minimum absolute atomic E-state index is 0.159. The van der Waals surface area contributed by atoms with E-state index in [1.807, 2.05) is 6.07 Å². The first kappa shape index (κ1) is 20.0. The summed E-state index contributed by atoms with van der Waals surface area (Å²) in [5.74, 6) is 0.624. The zero-order valence-electron chi connectivity index (χ0n) is 15.8. The Labute approximate surface area is 158 Å². The van der Waals surface area contributed by atoms with Gasteiger partial charge in [-0.1, -0.05) is 12.1 Å². The van der Waals surface area contributed by atoms with Gasteiger partial charge in [0.15, 0.2) is 0 Å². The van der Waals surface area contributed by atoms with Crippen molar-refractivity contribution in [1.82, 2.24) is 0 Å². The first-order valence-corrected chi connectivity index (χ1v) is 8.40. The third-order valence-corrected chi connectivity index (χ3v) is 3.75. The lowest BCUT2D eigenvalue weighted by atomic mass is 10.1. The largest absolute Gasteiger partial charge is 0.497 e. The number of ether oxygens (including phenoxy) is 3. The van der Waals surface area contributed by atoms with Crippen LogP contribution in [-0.2, 0) is 14.3 Å². The molecule has 0 aliphatic rings. The molecule has 0 aliphatic carbocycles. The van der Waals surface area contributed by atoms with Gasteiger partial charge in [-0.3, -0.25) is 4.79 Å². The molecule has 6 nitrogen and oxygen atoms in total. The zero-order chi connectivity index (χ0) is 19.8. The normalized spacial score (nSPS) is 11.7. The molecule has 0 aliphatic heterocycles. The van der Waals surface area contributed by atoms with E-state index in [1.165, 1.54) is 13.0 Å². The highest BCUT2D eigenvalue weighted by Gasteiger charge is 2.11. The van der Waals surface area contributed by atoms with E-state index in [4.69, 9.17) is 14.2 Å². The molecule has 6 heteroatoms. The van der Waals surface area contributed by atoms with E-state index in [9.17, 15) is 9.59 Å². The van der Waals surface area contributed by atoms with Crippen LogP contribution in [0.2, 0.25) is 0 Å². The van der Waals surface area contributed by atoms with Crippen molar-refractivity contribution in [2.75, 3.05) is 19.5 Å². The molecule has 2 aromatic carbocycles. The zero-order valence-corrected chi connectivity index (χ0v) is 15.8. The fraction of sp³-hybridized carbons (Fsp3) is 0.238. The van der Waals surface area contributed by atoms with E-state index in [0.29, 0.717) is 17.2 Å². The van der Waals surface area contributed by atoms with Crippen LogP contribution in [0.3, 0.4) is 0 Å². The molecule has 0 saturated heterocycles. The molecule has 0 unspecified atom stereocenters. The number of hydrogen-bond donors (Lipinski definition) is 1. The van der Waals surface area contributed by atoms with Gasteiger partial charge in [0.25, 0.3) is 0 Å². The predicted octanol–water partition coefficient (Wildman–Crippen LogP) is 3.98. The summed E-state index contributed by atoms with van der Waals surface area (Å²) in [6.45, 7) is 3.21. The molecule has 0 radical (unpaired) electrons. The molecule has 1 atom stereocenters. The number of rotatable bonds is 7. The van der Waals surface area contributed by atoms with Crippen molar-refractivity contribution in [3.05, 3.63) is 59.7 Å². The standard InChI is InChI=1S/C21H23NO5/c1-14(17-6-5-7-18(12-17)22-15(2)23)27-21(24)9-8-16-10-19(25-3)13-20(11-16)26-4/h5-14H,1-4H3,(H,22,23)/b9-8-/t14-/m1/s1. The Bertz CT molecular complexity index is 822. The first-order valence-electron chi connectivity index (χ1n) is 8.40. The van der Waals surface area contributed by atoms with Crippen LogP contribution in [0.25, 0.3) is 6.08 Å². The molecule has 1 amide bonds. The molecule has 2 rings (SSSR count). The highest BCUT2D eigenvalue weighted by atomic mass is 16.5. The lowest BCUT2D eigenvalue weighted by Gasteiger charge is -2.13. The number of methoxy groups -OCH3 is 2. The maximum absolute atomic E-state index is 12.1. The Hall–Kier alpha value is -3.28. The monoisotopic (exact) mass is 369 g/mol. The number of nitrogens with one attached hydrogen (secondary N) is 1. The Morgan fingerprint density at radius 1 is 1.04 bits per heavy atom. The summed E-state index contributed by atoms with van der Waals surface area (Å²) in [5, 5.41) is 2.70. The van der Waals surface area contributed by atoms with Gasteiger partial charge in [-0.05, 0) is 48.4 Å². The quantitative estimate of drug-likeness (QED) is 0.590. The summed E-state index contributed by atoms with van der Waals surface area (Å²) >= 11 is 0. The number of anilines is 1. The third kappa shape index (κ3) is 6.18. The van der Waals surface area contributed by atoms with Gasteiger partial charge in [0, 0.05) is 24.8 Å². The molecule has 142 valence electrons. The SMILES string of the molecule is COc1cc(/C=C\C(=O)O[C@H](C)c2cccc(NC(C)=O)c2)cc(OC)c1. The Kier molecular flexibility index (Phi) is 7.00. The van der Waals surface area contributed by atoms with Crippen LogP contribution < -0.4 is 14.8 Å². The lowest BCUT2D eigenvalue weighted by molar-refractivity contribution is -0.142. The van der Waals surface area contributed by atoms with Crippen molar-refractivity contribution >= 4 is 23.6 Å². The molecule has 0 fully saturated rings. The Morgan fingerprint density at radius 3 is 2.30 bits per heavy atom. The van der Waals surface area contributed by atoms with Crippen LogP contribution in [0.15, 0.2) is 48.5 Å². The topological polar surface area (TPSA) is 73.9 Å². The van der Waals surface area contributed by atoms with Crippen molar-refractivity contribution in [1.29, 1.82) is 0 Å². The van der Waals surface area contributed by atoms with Crippen molar-refractivity contribution < 1.29 is 23.8 Å². The molecule has 0 aromatic heterocycles. The summed E-state index contributed by atoms with van der Waals surface area (Å²) in [7, 11) is 3.13. The molecule has 0 heterocycles. The molecular weight excluding hydrogens is 346 g/mol. The highest BCUT2D eigenvalue weighted by molar-refractivity contribution is 5.89. The van der Waals surface area contributed by atoms with Gasteiger partial charge in [-0.2, -0.15) is 0 Å².